The molecule has 1 unspecified atom stereocenters. The topological polar surface area (TPSA) is 451 Å². The van der Waals surface area contributed by atoms with Gasteiger partial charge in [0.1, 0.15) is 48.3 Å². The van der Waals surface area contributed by atoms with Crippen LogP contribution in [0.25, 0.3) is 10.9 Å². The Morgan fingerprint density at radius 2 is 1.32 bits per heavy atom. The van der Waals surface area contributed by atoms with Crippen LogP contribution in [0.2, 0.25) is 0 Å². The second-order valence-electron chi connectivity index (χ2n) is 21.4. The lowest BCUT2D eigenvalue weighted by Crippen LogP contribution is -2.59. The number of imidazole rings is 1. The van der Waals surface area contributed by atoms with Gasteiger partial charge in [0, 0.05) is 62.1 Å². The first kappa shape index (κ1) is 71.6. The highest BCUT2D eigenvalue weighted by molar-refractivity contribution is 8.77. The first-order valence-corrected chi connectivity index (χ1v) is 32.3. The maximum Gasteiger partial charge on any atom is 0.244 e. The van der Waals surface area contributed by atoms with Gasteiger partial charge in [-0.25, -0.2) is 4.98 Å². The van der Waals surface area contributed by atoms with E-state index in [1.165, 1.54) is 52.8 Å². The van der Waals surface area contributed by atoms with E-state index in [9.17, 15) is 62.3 Å². The van der Waals surface area contributed by atoms with Gasteiger partial charge in [-0.05, 0) is 74.5 Å². The summed E-state index contributed by atoms with van der Waals surface area (Å²) in [7, 11) is 2.41. The summed E-state index contributed by atoms with van der Waals surface area (Å²) in [4.78, 5) is 181. The Morgan fingerprint density at radius 3 is 1.99 bits per heavy atom. The Labute approximate surface area is 515 Å². The van der Waals surface area contributed by atoms with E-state index in [1.807, 2.05) is 20.1 Å². The monoisotopic (exact) mass is 1270 g/mol. The van der Waals surface area contributed by atoms with Gasteiger partial charge in [0.2, 0.25) is 76.8 Å². The Bertz CT molecular complexity index is 2870. The predicted molar refractivity (Wildman–Crippen MR) is 328 cm³/mol. The number of H-pyrrole nitrogens is 2. The number of hydrogen-bond acceptors (Lipinski definition) is 17. The van der Waals surface area contributed by atoms with Crippen molar-refractivity contribution in [2.75, 3.05) is 43.1 Å². The van der Waals surface area contributed by atoms with Crippen molar-refractivity contribution in [3.05, 3.63) is 54.2 Å². The zero-order valence-electron chi connectivity index (χ0n) is 49.6. The fraction of sp³-hybridized carbons (Fsp3) is 0.564. The summed E-state index contributed by atoms with van der Waals surface area (Å²) in [6, 6.07) is -2.61. The Balaban J connectivity index is 1.40. The normalized spacial score (nSPS) is 16.0. The van der Waals surface area contributed by atoms with E-state index < -0.39 is 126 Å². The lowest BCUT2D eigenvalue weighted by molar-refractivity contribution is -0.135. The molecule has 3 aromatic rings. The summed E-state index contributed by atoms with van der Waals surface area (Å²) in [6.45, 7) is 7.61. The number of para-hydroxylation sites is 1. The molecule has 1 fully saturated rings. The molecule has 8 atom stereocenters. The third kappa shape index (κ3) is 25.5. The van der Waals surface area contributed by atoms with Gasteiger partial charge in [-0.2, -0.15) is 11.8 Å². The van der Waals surface area contributed by atoms with Crippen LogP contribution < -0.4 is 70.0 Å². The van der Waals surface area contributed by atoms with Crippen LogP contribution in [0.4, 0.5) is 0 Å². The quantitative estimate of drug-likeness (QED) is 0.0217. The third-order valence-electron chi connectivity index (χ3n) is 13.5. The molecule has 29 nitrogen and oxygen atoms in total. The van der Waals surface area contributed by atoms with Crippen molar-refractivity contribution in [3.63, 3.8) is 0 Å². The lowest BCUT2D eigenvalue weighted by atomic mass is 10.0. The molecule has 17 N–H and O–H groups in total. The second kappa shape index (κ2) is 37.0. The SMILES string of the molecule is CSCC[C@H](NC(=O)[C@H](CC(C)C)NC(=O)[C@H](Cc1c[nH]cn1)NC(=O)CNC(=O)[C@@H](NC(=O)[C@H](C)NC(=O)[C@H](Cc1c[nH]c2ccccc12)NC(=O)[C@H](CCC(N)=O)NC(=O)CCCCNC(=O)C1CNC(=O)CSSCC(=O)N1)C(C)C)C(N)=O. The van der Waals surface area contributed by atoms with Gasteiger partial charge in [-0.15, -0.1) is 0 Å². The molecule has 1 aliphatic heterocycles. The molecule has 4 rings (SSSR count). The minimum absolute atomic E-state index is 0.0561. The molecule has 0 aliphatic carbocycles. The summed E-state index contributed by atoms with van der Waals surface area (Å²) >= 11 is 1.46. The van der Waals surface area contributed by atoms with Crippen LogP contribution in [0.1, 0.15) is 90.8 Å². The number of hydrogen-bond donors (Lipinski definition) is 15. The molecule has 1 saturated heterocycles. The number of unbranched alkanes of at least 4 members (excludes halogenated alkanes) is 1. The first-order valence-electron chi connectivity index (χ1n) is 28.4. The molecule has 0 spiro atoms. The number of benzene rings is 1. The van der Waals surface area contributed by atoms with Crippen LogP contribution in [0.5, 0.6) is 0 Å². The third-order valence-corrected chi connectivity index (χ3v) is 16.2. The van der Waals surface area contributed by atoms with Crippen molar-refractivity contribution in [1.29, 1.82) is 0 Å². The molecule has 2 aromatic heterocycles. The molecular formula is C55H82N16O13S3. The van der Waals surface area contributed by atoms with Crippen LogP contribution in [-0.2, 0) is 75.2 Å². The summed E-state index contributed by atoms with van der Waals surface area (Å²) < 4.78 is 0. The van der Waals surface area contributed by atoms with E-state index >= 15 is 0 Å². The van der Waals surface area contributed by atoms with Crippen molar-refractivity contribution in [2.24, 2.45) is 23.3 Å². The molecule has 0 radical (unpaired) electrons. The molecule has 1 aromatic carbocycles. The molecule has 87 heavy (non-hydrogen) atoms. The van der Waals surface area contributed by atoms with Crippen molar-refractivity contribution in [2.45, 2.75) is 141 Å². The molecule has 1 aliphatic rings. The minimum atomic E-state index is -1.39. The summed E-state index contributed by atoms with van der Waals surface area (Å²) in [5.74, 6) is -8.78. The highest BCUT2D eigenvalue weighted by Gasteiger charge is 2.34. The number of aromatic amines is 2. The number of primary amides is 2. The van der Waals surface area contributed by atoms with Crippen LogP contribution in [-0.4, -0.2) is 183 Å². The van der Waals surface area contributed by atoms with Crippen molar-refractivity contribution >= 4 is 121 Å². The minimum Gasteiger partial charge on any atom is -0.370 e. The number of aromatic nitrogens is 3. The highest BCUT2D eigenvalue weighted by atomic mass is 33.1. The van der Waals surface area contributed by atoms with Crippen molar-refractivity contribution in [3.8, 4) is 0 Å². The molecule has 3 heterocycles. The van der Waals surface area contributed by atoms with Gasteiger partial charge in [-0.3, -0.25) is 62.3 Å². The fourth-order valence-electron chi connectivity index (χ4n) is 8.78. The van der Waals surface area contributed by atoms with E-state index in [2.05, 4.69) is 73.4 Å². The highest BCUT2D eigenvalue weighted by Crippen LogP contribution is 2.21. The zero-order chi connectivity index (χ0) is 64.2. The molecule has 32 heteroatoms. The Kier molecular flexibility index (Phi) is 30.4. The number of thioether (sulfide) groups is 1. The number of nitrogens with zero attached hydrogens (tertiary/aromatic N) is 1. The number of rotatable bonds is 35. The number of amides is 13. The zero-order valence-corrected chi connectivity index (χ0v) is 52.0. The lowest BCUT2D eigenvalue weighted by Gasteiger charge is -2.26. The maximum absolute atomic E-state index is 14.3. The Hall–Kier alpha value is -7.87. The average molecular weight is 1270 g/mol. The number of fused-ring (bicyclic) bond motifs is 1. The van der Waals surface area contributed by atoms with Gasteiger partial charge < -0.3 is 79.9 Å². The van der Waals surface area contributed by atoms with Crippen molar-refractivity contribution in [1.82, 2.24) is 73.4 Å². The molecule has 0 saturated carbocycles. The summed E-state index contributed by atoms with van der Waals surface area (Å²) in [6.07, 6.45) is 6.40. The smallest absolute Gasteiger partial charge is 0.244 e. The van der Waals surface area contributed by atoms with Gasteiger partial charge in [0.25, 0.3) is 0 Å². The first-order chi connectivity index (χ1) is 41.3. The number of carbonyl (C=O) groups is 13. The van der Waals surface area contributed by atoms with Crippen LogP contribution in [0.3, 0.4) is 0 Å². The average Bonchev–Trinajstić information content (AvgIpc) is 2.33. The largest absolute Gasteiger partial charge is 0.370 e. The van der Waals surface area contributed by atoms with E-state index in [0.29, 0.717) is 23.4 Å². The second-order valence-corrected chi connectivity index (χ2v) is 24.9. The van der Waals surface area contributed by atoms with Gasteiger partial charge >= 0.3 is 0 Å². The molecule has 13 amide bonds. The number of nitrogens with one attached hydrogen (secondary N) is 13. The van der Waals surface area contributed by atoms with Crippen LogP contribution in [0.15, 0.2) is 43.0 Å². The number of nitrogens with two attached hydrogens (primary N) is 2. The molecular weight excluding hydrogens is 1190 g/mol. The van der Waals surface area contributed by atoms with E-state index in [0.717, 1.165) is 10.9 Å². The standard InChI is InChI=1S/C55H82N16O13S3/c1-29(2)19-38(53(82)68-36(48(57)77)16-18-85-6)69-54(83)40(21-33-23-58-28-63-33)66-44(74)25-62-55(84)47(30(3)4)71-49(78)31(5)64-52(81)39(20-32-22-60-35-12-8-7-11-34(32)35)70-51(80)37(14-15-42(56)72)65-43(73)13-9-10-17-59-50(79)41-24-61-45(75)26-86-87-27-46(76)67-41/h7-8,11-12,22-23,28-31,36-41,47,60H,9-10,13-21,24-27H2,1-6H3,(H2,56,72)(H2,57,77)(H,58,63)(H,59,79)(H,61,75)(H,62,84)(H,64,81)(H,65,73)(H,66,74)(H,67,76)(H,68,82)(H,69,83)(H,70,80)(H,71,78)/t31-,36-,37-,38-,39-,40-,41?,47-/m0/s1. The molecule has 0 bridgehead atoms. The van der Waals surface area contributed by atoms with Gasteiger partial charge in [-0.1, -0.05) is 67.5 Å². The number of carbonyl (C=O) groups excluding carboxylic acids is 13. The fourth-order valence-corrected chi connectivity index (χ4v) is 11.0. The summed E-state index contributed by atoms with van der Waals surface area (Å²) in [5, 5.41) is 29.5. The van der Waals surface area contributed by atoms with E-state index in [-0.39, 0.29) is 93.7 Å². The summed E-state index contributed by atoms with van der Waals surface area (Å²) in [5.41, 5.74) is 12.7. The predicted octanol–water partition coefficient (Wildman–Crippen LogP) is -2.31. The van der Waals surface area contributed by atoms with E-state index in [1.54, 1.807) is 44.3 Å². The van der Waals surface area contributed by atoms with Crippen molar-refractivity contribution < 1.29 is 62.3 Å². The maximum atomic E-state index is 14.3. The van der Waals surface area contributed by atoms with Crippen LogP contribution >= 0.6 is 33.3 Å². The van der Waals surface area contributed by atoms with Gasteiger partial charge in [0.15, 0.2) is 0 Å². The van der Waals surface area contributed by atoms with Gasteiger partial charge in [0.05, 0.1) is 30.1 Å². The molecule has 478 valence electrons. The van der Waals surface area contributed by atoms with E-state index in [4.69, 9.17) is 11.5 Å². The Morgan fingerprint density at radius 1 is 0.678 bits per heavy atom. The van der Waals surface area contributed by atoms with Crippen LogP contribution in [0, 0.1) is 11.8 Å².